The van der Waals surface area contributed by atoms with Gasteiger partial charge in [0.2, 0.25) is 0 Å². The topological polar surface area (TPSA) is 95.2 Å². The zero-order valence-corrected chi connectivity index (χ0v) is 14.6. The number of carbonyl (C=O) groups excluding carboxylic acids is 2. The first-order chi connectivity index (χ1) is 11.8. The van der Waals surface area contributed by atoms with Gasteiger partial charge in [-0.25, -0.2) is 9.78 Å². The van der Waals surface area contributed by atoms with Crippen LogP contribution in [-0.4, -0.2) is 38.9 Å². The third-order valence-corrected chi connectivity index (χ3v) is 4.40. The van der Waals surface area contributed by atoms with Gasteiger partial charge in [-0.2, -0.15) is 0 Å². The first kappa shape index (κ1) is 17.1. The number of carbonyl (C=O) groups is 2. The zero-order chi connectivity index (χ0) is 18.2. The second-order valence-electron chi connectivity index (χ2n) is 7.10. The number of amides is 3. The molecule has 2 aromatic rings. The fourth-order valence-corrected chi connectivity index (χ4v) is 3.38. The smallest absolute Gasteiger partial charge is 0.323 e. The van der Waals surface area contributed by atoms with E-state index in [1.54, 1.807) is 25.1 Å². The standard InChI is InChI=1S/C18H22N4O3/c1-11(2)10-18(3)16(24)22(17(25)21-18)9-8-14-19-13-7-5-4-6-12(13)15(23)20-14/h4-7,11H,8-10H2,1-3H3,(H,21,25)(H,19,20,23)/t18-/m1/s1. The van der Waals surface area contributed by atoms with Crippen LogP contribution < -0.4 is 10.9 Å². The number of urea groups is 1. The van der Waals surface area contributed by atoms with Crippen LogP contribution >= 0.6 is 0 Å². The summed E-state index contributed by atoms with van der Waals surface area (Å²) < 4.78 is 0. The number of H-pyrrole nitrogens is 1. The van der Waals surface area contributed by atoms with Gasteiger partial charge < -0.3 is 10.3 Å². The van der Waals surface area contributed by atoms with Crippen LogP contribution in [0.1, 0.15) is 33.0 Å². The molecule has 132 valence electrons. The molecule has 1 atom stereocenters. The highest BCUT2D eigenvalue weighted by Crippen LogP contribution is 2.25. The molecule has 2 heterocycles. The summed E-state index contributed by atoms with van der Waals surface area (Å²) in [4.78, 5) is 45.2. The highest BCUT2D eigenvalue weighted by Gasteiger charge is 2.47. The van der Waals surface area contributed by atoms with Gasteiger partial charge in [0.05, 0.1) is 10.9 Å². The Morgan fingerprint density at radius 1 is 1.20 bits per heavy atom. The van der Waals surface area contributed by atoms with E-state index in [-0.39, 0.29) is 23.9 Å². The van der Waals surface area contributed by atoms with Crippen molar-refractivity contribution in [1.29, 1.82) is 0 Å². The molecule has 25 heavy (non-hydrogen) atoms. The van der Waals surface area contributed by atoms with Crippen molar-refractivity contribution in [3.63, 3.8) is 0 Å². The number of hydrogen-bond acceptors (Lipinski definition) is 4. The predicted octanol–water partition coefficient (Wildman–Crippen LogP) is 1.82. The number of nitrogens with zero attached hydrogens (tertiary/aromatic N) is 2. The molecule has 0 bridgehead atoms. The van der Waals surface area contributed by atoms with Crippen molar-refractivity contribution in [2.45, 2.75) is 39.2 Å². The molecule has 3 rings (SSSR count). The highest BCUT2D eigenvalue weighted by atomic mass is 16.2. The molecule has 1 aromatic carbocycles. The van der Waals surface area contributed by atoms with Crippen molar-refractivity contribution < 1.29 is 9.59 Å². The van der Waals surface area contributed by atoms with Gasteiger partial charge in [-0.3, -0.25) is 14.5 Å². The minimum atomic E-state index is -0.866. The summed E-state index contributed by atoms with van der Waals surface area (Å²) in [6, 6.07) is 6.67. The molecule has 1 saturated heterocycles. The van der Waals surface area contributed by atoms with Crippen molar-refractivity contribution in [2.24, 2.45) is 5.92 Å². The average Bonchev–Trinajstić information content (AvgIpc) is 2.74. The summed E-state index contributed by atoms with van der Waals surface area (Å²) in [6.45, 7) is 5.96. The number of imide groups is 1. The first-order valence-corrected chi connectivity index (χ1v) is 8.42. The summed E-state index contributed by atoms with van der Waals surface area (Å²) in [5, 5.41) is 3.30. The van der Waals surface area contributed by atoms with E-state index in [2.05, 4.69) is 15.3 Å². The Balaban J connectivity index is 1.77. The van der Waals surface area contributed by atoms with Crippen LogP contribution in [0, 0.1) is 5.92 Å². The summed E-state index contributed by atoms with van der Waals surface area (Å²) in [7, 11) is 0. The van der Waals surface area contributed by atoms with Gasteiger partial charge in [0, 0.05) is 13.0 Å². The second-order valence-corrected chi connectivity index (χ2v) is 7.10. The Kier molecular flexibility index (Phi) is 4.32. The van der Waals surface area contributed by atoms with Gasteiger partial charge in [0.15, 0.2) is 0 Å². The van der Waals surface area contributed by atoms with Crippen molar-refractivity contribution in [1.82, 2.24) is 20.2 Å². The summed E-state index contributed by atoms with van der Waals surface area (Å²) in [6.07, 6.45) is 0.885. The molecule has 7 heteroatoms. The fraction of sp³-hybridized carbons (Fsp3) is 0.444. The van der Waals surface area contributed by atoms with Crippen LogP contribution in [0.5, 0.6) is 0 Å². The number of rotatable bonds is 5. The van der Waals surface area contributed by atoms with Gasteiger partial charge in [0.1, 0.15) is 11.4 Å². The molecular formula is C18H22N4O3. The summed E-state index contributed by atoms with van der Waals surface area (Å²) >= 11 is 0. The summed E-state index contributed by atoms with van der Waals surface area (Å²) in [5.41, 5.74) is -0.485. The van der Waals surface area contributed by atoms with Crippen LogP contribution in [0.25, 0.3) is 10.9 Å². The lowest BCUT2D eigenvalue weighted by Crippen LogP contribution is -2.45. The Morgan fingerprint density at radius 2 is 1.92 bits per heavy atom. The van der Waals surface area contributed by atoms with Crippen LogP contribution in [0.2, 0.25) is 0 Å². The molecule has 1 aliphatic heterocycles. The van der Waals surface area contributed by atoms with Gasteiger partial charge in [-0.1, -0.05) is 26.0 Å². The molecule has 0 radical (unpaired) electrons. The normalized spacial score (nSPS) is 20.6. The van der Waals surface area contributed by atoms with Crippen LogP contribution in [0.3, 0.4) is 0 Å². The second kappa shape index (κ2) is 6.31. The molecule has 0 spiro atoms. The van der Waals surface area contributed by atoms with Crippen molar-refractivity contribution >= 4 is 22.8 Å². The van der Waals surface area contributed by atoms with Crippen molar-refractivity contribution in [2.75, 3.05) is 6.54 Å². The minimum Gasteiger partial charge on any atom is -0.323 e. The summed E-state index contributed by atoms with van der Waals surface area (Å²) in [5.74, 6) is 0.517. The zero-order valence-electron chi connectivity index (χ0n) is 14.6. The first-order valence-electron chi connectivity index (χ1n) is 8.42. The number of hydrogen-bond donors (Lipinski definition) is 2. The Labute approximate surface area is 145 Å². The fourth-order valence-electron chi connectivity index (χ4n) is 3.38. The minimum absolute atomic E-state index is 0.180. The van der Waals surface area contributed by atoms with Crippen LogP contribution in [-0.2, 0) is 11.2 Å². The van der Waals surface area contributed by atoms with E-state index in [1.807, 2.05) is 19.9 Å². The lowest BCUT2D eigenvalue weighted by atomic mass is 9.91. The maximum Gasteiger partial charge on any atom is 0.325 e. The molecular weight excluding hydrogens is 320 g/mol. The van der Waals surface area contributed by atoms with Gasteiger partial charge in [-0.15, -0.1) is 0 Å². The predicted molar refractivity (Wildman–Crippen MR) is 94.2 cm³/mol. The van der Waals surface area contributed by atoms with Gasteiger partial charge in [0.25, 0.3) is 11.5 Å². The number of nitrogens with one attached hydrogen (secondary N) is 2. The third-order valence-electron chi connectivity index (χ3n) is 4.40. The number of benzene rings is 1. The number of aromatic amines is 1. The molecule has 0 unspecified atom stereocenters. The largest absolute Gasteiger partial charge is 0.325 e. The SMILES string of the molecule is CC(C)C[C@@]1(C)NC(=O)N(CCc2nc3ccccc3c(=O)[nH]2)C1=O. The quantitative estimate of drug-likeness (QED) is 0.810. The molecule has 0 aliphatic carbocycles. The Morgan fingerprint density at radius 3 is 2.64 bits per heavy atom. The molecule has 1 fully saturated rings. The molecule has 1 aliphatic rings. The average molecular weight is 342 g/mol. The molecule has 0 saturated carbocycles. The van der Waals surface area contributed by atoms with Crippen LogP contribution in [0.4, 0.5) is 4.79 Å². The number of fused-ring (bicyclic) bond motifs is 1. The third kappa shape index (κ3) is 3.26. The Hall–Kier alpha value is -2.70. The molecule has 1 aromatic heterocycles. The molecule has 2 N–H and O–H groups in total. The Bertz CT molecular complexity index is 889. The maximum absolute atomic E-state index is 12.6. The monoisotopic (exact) mass is 342 g/mol. The van der Waals surface area contributed by atoms with E-state index < -0.39 is 11.6 Å². The van der Waals surface area contributed by atoms with Gasteiger partial charge >= 0.3 is 6.03 Å². The van der Waals surface area contributed by atoms with Crippen molar-refractivity contribution in [3.8, 4) is 0 Å². The van der Waals surface area contributed by atoms with E-state index in [4.69, 9.17) is 0 Å². The van der Waals surface area contributed by atoms with Gasteiger partial charge in [-0.05, 0) is 31.4 Å². The van der Waals surface area contributed by atoms with Crippen molar-refractivity contribution in [3.05, 3.63) is 40.4 Å². The molecule has 3 amide bonds. The van der Waals surface area contributed by atoms with E-state index in [0.717, 1.165) is 0 Å². The number of para-hydroxylation sites is 1. The van der Waals surface area contributed by atoms with Crippen LogP contribution in [0.15, 0.2) is 29.1 Å². The lowest BCUT2D eigenvalue weighted by molar-refractivity contribution is -0.131. The lowest BCUT2D eigenvalue weighted by Gasteiger charge is -2.23. The van der Waals surface area contributed by atoms with E-state index in [0.29, 0.717) is 29.6 Å². The van der Waals surface area contributed by atoms with E-state index in [1.165, 1.54) is 4.90 Å². The number of aromatic nitrogens is 2. The maximum atomic E-state index is 12.6. The highest BCUT2D eigenvalue weighted by molar-refractivity contribution is 6.06. The molecule has 7 nitrogen and oxygen atoms in total. The van der Waals surface area contributed by atoms with E-state index >= 15 is 0 Å². The van der Waals surface area contributed by atoms with E-state index in [9.17, 15) is 14.4 Å².